The van der Waals surface area contributed by atoms with Gasteiger partial charge >= 0.3 is 0 Å². The van der Waals surface area contributed by atoms with Gasteiger partial charge in [-0.2, -0.15) is 5.10 Å². The van der Waals surface area contributed by atoms with Crippen molar-refractivity contribution < 1.29 is 0 Å². The number of fused-ring (bicyclic) bond motifs is 1. The molecule has 18 heavy (non-hydrogen) atoms. The van der Waals surface area contributed by atoms with E-state index in [9.17, 15) is 0 Å². The molecular formula is C13H19N5. The zero-order valence-corrected chi connectivity index (χ0v) is 10.9. The van der Waals surface area contributed by atoms with Crippen LogP contribution in [-0.4, -0.2) is 25.8 Å². The number of aromatic nitrogens is 4. The molecule has 1 aliphatic carbocycles. The minimum Gasteiger partial charge on any atom is -0.367 e. The van der Waals surface area contributed by atoms with E-state index < -0.39 is 0 Å². The van der Waals surface area contributed by atoms with Gasteiger partial charge in [0.25, 0.3) is 0 Å². The molecule has 1 N–H and O–H groups in total. The lowest BCUT2D eigenvalue weighted by atomic mass is 9.87. The Bertz CT molecular complexity index is 547. The van der Waals surface area contributed by atoms with Gasteiger partial charge in [0, 0.05) is 13.1 Å². The lowest BCUT2D eigenvalue weighted by Gasteiger charge is -2.27. The number of rotatable bonds is 2. The molecule has 1 fully saturated rings. The minimum atomic E-state index is 0.534. The first-order valence-corrected chi connectivity index (χ1v) is 6.63. The van der Waals surface area contributed by atoms with Crippen LogP contribution in [0.5, 0.6) is 0 Å². The van der Waals surface area contributed by atoms with E-state index in [0.717, 1.165) is 22.8 Å². The summed E-state index contributed by atoms with van der Waals surface area (Å²) >= 11 is 0. The molecule has 2 aromatic heterocycles. The third kappa shape index (κ3) is 2.05. The Hall–Kier alpha value is -1.65. The standard InChI is InChI=1S/C13H19N5/c1-9-4-3-5-10(6-9)17-12-11-7-16-18(2)13(11)15-8-14-12/h7-10H,3-6H2,1-2H3,(H,14,15,17)/t9-,10-/m1/s1. The SMILES string of the molecule is C[C@@H]1CCC[C@@H](Nc2ncnc3c2cnn3C)C1. The molecule has 0 saturated heterocycles. The molecule has 1 aliphatic rings. The average molecular weight is 245 g/mol. The molecule has 0 aromatic carbocycles. The van der Waals surface area contributed by atoms with E-state index in [-0.39, 0.29) is 0 Å². The van der Waals surface area contributed by atoms with Gasteiger partial charge in [-0.3, -0.25) is 4.68 Å². The summed E-state index contributed by atoms with van der Waals surface area (Å²) in [6, 6.07) is 0.534. The van der Waals surface area contributed by atoms with Crippen molar-refractivity contribution in [2.45, 2.75) is 38.6 Å². The summed E-state index contributed by atoms with van der Waals surface area (Å²) in [5.74, 6) is 1.73. The Kier molecular flexibility index (Phi) is 2.89. The van der Waals surface area contributed by atoms with Crippen LogP contribution >= 0.6 is 0 Å². The van der Waals surface area contributed by atoms with Crippen LogP contribution < -0.4 is 5.32 Å². The molecule has 0 spiro atoms. The summed E-state index contributed by atoms with van der Waals surface area (Å²) in [6.45, 7) is 2.33. The van der Waals surface area contributed by atoms with Crippen molar-refractivity contribution in [1.29, 1.82) is 0 Å². The maximum atomic E-state index is 4.36. The summed E-state index contributed by atoms with van der Waals surface area (Å²) in [7, 11) is 1.90. The molecule has 0 radical (unpaired) electrons. The van der Waals surface area contributed by atoms with E-state index in [2.05, 4.69) is 27.3 Å². The molecule has 5 heteroatoms. The van der Waals surface area contributed by atoms with Crippen molar-refractivity contribution in [3.8, 4) is 0 Å². The van der Waals surface area contributed by atoms with Crippen LogP contribution in [0.15, 0.2) is 12.5 Å². The van der Waals surface area contributed by atoms with Gasteiger partial charge in [0.15, 0.2) is 5.65 Å². The molecule has 1 saturated carbocycles. The monoisotopic (exact) mass is 245 g/mol. The topological polar surface area (TPSA) is 55.6 Å². The highest BCUT2D eigenvalue weighted by Gasteiger charge is 2.20. The molecular weight excluding hydrogens is 226 g/mol. The fraction of sp³-hybridized carbons (Fsp3) is 0.615. The smallest absolute Gasteiger partial charge is 0.163 e. The third-order valence-electron chi connectivity index (χ3n) is 3.81. The fourth-order valence-corrected chi connectivity index (χ4v) is 2.84. The fourth-order valence-electron chi connectivity index (χ4n) is 2.84. The maximum Gasteiger partial charge on any atom is 0.163 e. The van der Waals surface area contributed by atoms with Crippen molar-refractivity contribution in [2.75, 3.05) is 5.32 Å². The molecule has 96 valence electrons. The van der Waals surface area contributed by atoms with E-state index in [4.69, 9.17) is 0 Å². The first-order chi connectivity index (χ1) is 8.74. The van der Waals surface area contributed by atoms with Gasteiger partial charge in [-0.1, -0.05) is 19.8 Å². The van der Waals surface area contributed by atoms with Crippen LogP contribution in [0.2, 0.25) is 0 Å². The molecule has 0 bridgehead atoms. The van der Waals surface area contributed by atoms with Gasteiger partial charge < -0.3 is 5.32 Å². The Labute approximate surface area is 107 Å². The third-order valence-corrected chi connectivity index (χ3v) is 3.81. The van der Waals surface area contributed by atoms with Crippen molar-refractivity contribution in [3.05, 3.63) is 12.5 Å². The Balaban J connectivity index is 1.86. The first-order valence-electron chi connectivity index (χ1n) is 6.63. The predicted octanol–water partition coefficient (Wildman–Crippen LogP) is 2.35. The lowest BCUT2D eigenvalue weighted by molar-refractivity contribution is 0.358. The van der Waals surface area contributed by atoms with Crippen molar-refractivity contribution in [3.63, 3.8) is 0 Å². The van der Waals surface area contributed by atoms with Gasteiger partial charge in [-0.25, -0.2) is 9.97 Å². The largest absolute Gasteiger partial charge is 0.367 e. The van der Waals surface area contributed by atoms with E-state index in [1.807, 2.05) is 13.2 Å². The van der Waals surface area contributed by atoms with Gasteiger partial charge in [-0.05, 0) is 18.8 Å². The van der Waals surface area contributed by atoms with Crippen molar-refractivity contribution in [2.24, 2.45) is 13.0 Å². The summed E-state index contributed by atoms with van der Waals surface area (Å²) in [4.78, 5) is 8.62. The zero-order valence-electron chi connectivity index (χ0n) is 10.9. The number of hydrogen-bond donors (Lipinski definition) is 1. The molecule has 3 rings (SSSR count). The molecule has 2 aromatic rings. The molecule has 0 aliphatic heterocycles. The molecule has 5 nitrogen and oxygen atoms in total. The Morgan fingerprint density at radius 2 is 2.22 bits per heavy atom. The number of nitrogens with zero attached hydrogens (tertiary/aromatic N) is 4. The van der Waals surface area contributed by atoms with Crippen LogP contribution in [-0.2, 0) is 7.05 Å². The van der Waals surface area contributed by atoms with E-state index in [1.54, 1.807) is 11.0 Å². The average Bonchev–Trinajstić information content (AvgIpc) is 2.73. The number of aryl methyl sites for hydroxylation is 1. The van der Waals surface area contributed by atoms with Crippen LogP contribution in [0.1, 0.15) is 32.6 Å². The normalized spacial score (nSPS) is 24.3. The summed E-state index contributed by atoms with van der Waals surface area (Å²) < 4.78 is 1.78. The number of hydrogen-bond acceptors (Lipinski definition) is 4. The number of anilines is 1. The second kappa shape index (κ2) is 4.55. The highest BCUT2D eigenvalue weighted by atomic mass is 15.3. The zero-order chi connectivity index (χ0) is 12.5. The van der Waals surface area contributed by atoms with Crippen LogP contribution in [0.3, 0.4) is 0 Å². The van der Waals surface area contributed by atoms with Gasteiger partial charge in [0.05, 0.1) is 11.6 Å². The molecule has 0 amide bonds. The van der Waals surface area contributed by atoms with Crippen molar-refractivity contribution in [1.82, 2.24) is 19.7 Å². The van der Waals surface area contributed by atoms with Crippen LogP contribution in [0, 0.1) is 5.92 Å². The summed E-state index contributed by atoms with van der Waals surface area (Å²) in [6.07, 6.45) is 8.56. The first kappa shape index (κ1) is 11.4. The van der Waals surface area contributed by atoms with E-state index in [1.165, 1.54) is 25.7 Å². The lowest BCUT2D eigenvalue weighted by Crippen LogP contribution is -2.26. The quantitative estimate of drug-likeness (QED) is 0.882. The van der Waals surface area contributed by atoms with Crippen LogP contribution in [0.4, 0.5) is 5.82 Å². The molecule has 2 heterocycles. The van der Waals surface area contributed by atoms with E-state index in [0.29, 0.717) is 6.04 Å². The van der Waals surface area contributed by atoms with Crippen LogP contribution in [0.25, 0.3) is 11.0 Å². The highest BCUT2D eigenvalue weighted by Crippen LogP contribution is 2.27. The Morgan fingerprint density at radius 3 is 3.06 bits per heavy atom. The molecule has 2 atom stereocenters. The summed E-state index contributed by atoms with van der Waals surface area (Å²) in [5.41, 5.74) is 0.886. The Morgan fingerprint density at radius 1 is 1.33 bits per heavy atom. The number of nitrogens with one attached hydrogen (secondary N) is 1. The minimum absolute atomic E-state index is 0.534. The van der Waals surface area contributed by atoms with Gasteiger partial charge in [0.1, 0.15) is 12.1 Å². The second-order valence-electron chi connectivity index (χ2n) is 5.34. The maximum absolute atomic E-state index is 4.36. The van der Waals surface area contributed by atoms with Gasteiger partial charge in [-0.15, -0.1) is 0 Å². The van der Waals surface area contributed by atoms with Gasteiger partial charge in [0.2, 0.25) is 0 Å². The predicted molar refractivity (Wildman–Crippen MR) is 71.3 cm³/mol. The molecule has 0 unspecified atom stereocenters. The highest BCUT2D eigenvalue weighted by molar-refractivity contribution is 5.86. The van der Waals surface area contributed by atoms with E-state index >= 15 is 0 Å². The second-order valence-corrected chi connectivity index (χ2v) is 5.34. The summed E-state index contributed by atoms with van der Waals surface area (Å²) in [5, 5.41) is 8.81. The van der Waals surface area contributed by atoms with Crippen molar-refractivity contribution >= 4 is 16.9 Å².